The zero-order valence-corrected chi connectivity index (χ0v) is 21.2. The van der Waals surface area contributed by atoms with Gasteiger partial charge in [0.05, 0.1) is 33.6 Å². The smallest absolute Gasteiger partial charge is 0.274 e. The van der Waals surface area contributed by atoms with Crippen LogP contribution in [-0.4, -0.2) is 57.6 Å². The lowest BCUT2D eigenvalue weighted by molar-refractivity contribution is -0.00713. The number of halogens is 2. The van der Waals surface area contributed by atoms with Crippen LogP contribution in [0.1, 0.15) is 54.6 Å². The summed E-state index contributed by atoms with van der Waals surface area (Å²) in [5.41, 5.74) is 2.80. The first-order valence-electron chi connectivity index (χ1n) is 12.3. The molecule has 0 radical (unpaired) electrons. The van der Waals surface area contributed by atoms with E-state index in [0.717, 1.165) is 25.9 Å². The molecule has 3 aromatic rings. The maximum absolute atomic E-state index is 14.4. The summed E-state index contributed by atoms with van der Waals surface area (Å²) >= 11 is 1.41. The van der Waals surface area contributed by atoms with Crippen molar-refractivity contribution in [1.82, 2.24) is 14.8 Å². The minimum atomic E-state index is -2.82. The first-order chi connectivity index (χ1) is 17.6. The van der Waals surface area contributed by atoms with Crippen LogP contribution in [0.2, 0.25) is 0 Å². The number of carbonyl (C=O) groups excluding carboxylic acids is 3. The zero-order chi connectivity index (χ0) is 26.1. The van der Waals surface area contributed by atoms with Crippen LogP contribution in [0.5, 0.6) is 0 Å². The third-order valence-electron chi connectivity index (χ3n) is 7.75. The van der Waals surface area contributed by atoms with Gasteiger partial charge in [-0.05, 0) is 43.4 Å². The summed E-state index contributed by atoms with van der Waals surface area (Å²) in [5, 5.41) is 0.725. The lowest BCUT2D eigenvalue weighted by atomic mass is 9.93. The first-order valence-corrected chi connectivity index (χ1v) is 13.1. The third kappa shape index (κ3) is 3.96. The van der Waals surface area contributed by atoms with Gasteiger partial charge in [0.15, 0.2) is 0 Å². The normalized spacial score (nSPS) is 24.1. The lowest BCUT2D eigenvalue weighted by Crippen LogP contribution is -2.48. The van der Waals surface area contributed by atoms with Crippen LogP contribution >= 0.6 is 11.3 Å². The molecule has 2 aliphatic heterocycles. The van der Waals surface area contributed by atoms with Gasteiger partial charge in [-0.25, -0.2) is 13.8 Å². The Morgan fingerprint density at radius 1 is 1.05 bits per heavy atom. The number of fused-ring (bicyclic) bond motifs is 2. The minimum absolute atomic E-state index is 0.113. The van der Waals surface area contributed by atoms with Gasteiger partial charge in [-0.15, -0.1) is 11.3 Å². The van der Waals surface area contributed by atoms with E-state index in [0.29, 0.717) is 11.1 Å². The van der Waals surface area contributed by atoms with Gasteiger partial charge in [0.1, 0.15) is 5.69 Å². The Kier molecular flexibility index (Phi) is 5.52. The van der Waals surface area contributed by atoms with Crippen LogP contribution in [0, 0.1) is 25.7 Å². The fourth-order valence-electron chi connectivity index (χ4n) is 6.15. The standard InChI is InChI=1S/C28H25F2N3O3S/c1-15-6-5-7-17(10-15)24-23(31-16(2)37-24)27(36)32-13-18-11-28(29,30)12-21(18)22(32)14-33-25(34)19-8-3-4-9-20(19)26(33)35/h3-10,18,21-22H,11-14H2,1-2H3. The average Bonchev–Trinajstić information content (AvgIpc) is 3.55. The third-order valence-corrected chi connectivity index (χ3v) is 8.77. The molecule has 3 heterocycles. The molecule has 9 heteroatoms. The molecule has 1 saturated carbocycles. The molecule has 2 aromatic carbocycles. The van der Waals surface area contributed by atoms with Gasteiger partial charge in [0.25, 0.3) is 17.7 Å². The Bertz CT molecular complexity index is 1420. The molecule has 190 valence electrons. The maximum atomic E-state index is 14.4. The first kappa shape index (κ1) is 23.9. The molecule has 1 aliphatic carbocycles. The number of aryl methyl sites for hydroxylation is 2. The van der Waals surface area contributed by atoms with Crippen molar-refractivity contribution in [3.8, 4) is 10.4 Å². The average molecular weight is 522 g/mol. The second-order valence-electron chi connectivity index (χ2n) is 10.3. The molecule has 0 N–H and O–H groups in total. The molecular formula is C28H25F2N3O3S. The van der Waals surface area contributed by atoms with Gasteiger partial charge < -0.3 is 4.90 Å². The van der Waals surface area contributed by atoms with Crippen LogP contribution < -0.4 is 0 Å². The Morgan fingerprint density at radius 2 is 1.76 bits per heavy atom. The van der Waals surface area contributed by atoms with Crippen molar-refractivity contribution in [3.63, 3.8) is 0 Å². The van der Waals surface area contributed by atoms with Crippen LogP contribution in [0.3, 0.4) is 0 Å². The van der Waals surface area contributed by atoms with Crippen LogP contribution in [0.25, 0.3) is 10.4 Å². The van der Waals surface area contributed by atoms with E-state index in [1.807, 2.05) is 38.1 Å². The van der Waals surface area contributed by atoms with Gasteiger partial charge in [-0.1, -0.05) is 42.0 Å². The number of benzene rings is 2. The van der Waals surface area contributed by atoms with Gasteiger partial charge in [-0.2, -0.15) is 0 Å². The van der Waals surface area contributed by atoms with Crippen LogP contribution in [0.4, 0.5) is 8.78 Å². The molecule has 0 spiro atoms. The van der Waals surface area contributed by atoms with Crippen molar-refractivity contribution in [2.24, 2.45) is 11.8 Å². The molecule has 3 unspecified atom stereocenters. The Hall–Kier alpha value is -3.46. The summed E-state index contributed by atoms with van der Waals surface area (Å²) in [7, 11) is 0. The summed E-state index contributed by atoms with van der Waals surface area (Å²) < 4.78 is 28.9. The highest BCUT2D eigenvalue weighted by Gasteiger charge is 2.57. The van der Waals surface area contributed by atoms with Crippen molar-refractivity contribution in [2.75, 3.05) is 13.1 Å². The number of likely N-dealkylation sites (tertiary alicyclic amines) is 1. The molecule has 2 fully saturated rings. The number of amides is 3. The summed E-state index contributed by atoms with van der Waals surface area (Å²) in [6, 6.07) is 13.6. The highest BCUT2D eigenvalue weighted by molar-refractivity contribution is 7.15. The topological polar surface area (TPSA) is 70.6 Å². The van der Waals surface area contributed by atoms with E-state index >= 15 is 0 Å². The molecule has 6 rings (SSSR count). The Labute approximate surface area is 216 Å². The van der Waals surface area contributed by atoms with E-state index in [4.69, 9.17) is 0 Å². The van der Waals surface area contributed by atoms with Crippen molar-refractivity contribution >= 4 is 29.1 Å². The number of hydrogen-bond acceptors (Lipinski definition) is 5. The number of alkyl halides is 2. The van der Waals surface area contributed by atoms with Crippen LogP contribution in [-0.2, 0) is 0 Å². The van der Waals surface area contributed by atoms with E-state index < -0.39 is 35.6 Å². The summed E-state index contributed by atoms with van der Waals surface area (Å²) in [6.07, 6.45) is -0.670. The monoisotopic (exact) mass is 521 g/mol. The molecule has 1 saturated heterocycles. The molecule has 3 atom stereocenters. The SMILES string of the molecule is Cc1cccc(-c2sc(C)nc2C(=O)N2CC3CC(F)(F)CC3C2CN2C(=O)c3ccccc3C2=O)c1. The lowest BCUT2D eigenvalue weighted by Gasteiger charge is -2.31. The van der Waals surface area contributed by atoms with E-state index in [1.54, 1.807) is 29.2 Å². The Morgan fingerprint density at radius 3 is 2.43 bits per heavy atom. The molecule has 0 bridgehead atoms. The predicted octanol–water partition coefficient (Wildman–Crippen LogP) is 5.21. The quantitative estimate of drug-likeness (QED) is 0.442. The van der Waals surface area contributed by atoms with Crippen molar-refractivity contribution in [3.05, 3.63) is 75.9 Å². The number of aromatic nitrogens is 1. The predicted molar refractivity (Wildman–Crippen MR) is 135 cm³/mol. The van der Waals surface area contributed by atoms with Crippen molar-refractivity contribution < 1.29 is 23.2 Å². The molecule has 1 aromatic heterocycles. The van der Waals surface area contributed by atoms with E-state index in [-0.39, 0.29) is 37.5 Å². The van der Waals surface area contributed by atoms with Gasteiger partial charge in [0, 0.05) is 19.4 Å². The molecule has 6 nitrogen and oxygen atoms in total. The number of rotatable bonds is 4. The highest BCUT2D eigenvalue weighted by Crippen LogP contribution is 2.50. The number of hydrogen-bond donors (Lipinski definition) is 0. The fraction of sp³-hybridized carbons (Fsp3) is 0.357. The molecular weight excluding hydrogens is 496 g/mol. The van der Waals surface area contributed by atoms with Gasteiger partial charge in [-0.3, -0.25) is 19.3 Å². The minimum Gasteiger partial charge on any atom is -0.332 e. The largest absolute Gasteiger partial charge is 0.332 e. The molecule has 37 heavy (non-hydrogen) atoms. The molecule has 3 aliphatic rings. The van der Waals surface area contributed by atoms with E-state index in [1.165, 1.54) is 11.3 Å². The zero-order valence-electron chi connectivity index (χ0n) is 20.4. The number of carbonyl (C=O) groups is 3. The number of imide groups is 1. The number of nitrogens with zero attached hydrogens (tertiary/aromatic N) is 3. The van der Waals surface area contributed by atoms with Crippen LogP contribution in [0.15, 0.2) is 48.5 Å². The second-order valence-corrected chi connectivity index (χ2v) is 11.5. The van der Waals surface area contributed by atoms with Gasteiger partial charge in [0.2, 0.25) is 5.92 Å². The van der Waals surface area contributed by atoms with E-state index in [9.17, 15) is 23.2 Å². The second kappa shape index (κ2) is 8.55. The fourth-order valence-corrected chi connectivity index (χ4v) is 7.06. The van der Waals surface area contributed by atoms with Crippen molar-refractivity contribution in [2.45, 2.75) is 38.7 Å². The number of thiazole rings is 1. The Balaban J connectivity index is 1.35. The van der Waals surface area contributed by atoms with Crippen molar-refractivity contribution in [1.29, 1.82) is 0 Å². The molecule has 3 amide bonds. The summed E-state index contributed by atoms with van der Waals surface area (Å²) in [5.74, 6) is -4.99. The maximum Gasteiger partial charge on any atom is 0.274 e. The van der Waals surface area contributed by atoms with E-state index in [2.05, 4.69) is 4.98 Å². The summed E-state index contributed by atoms with van der Waals surface area (Å²) in [6.45, 7) is 3.84. The van der Waals surface area contributed by atoms with Gasteiger partial charge >= 0.3 is 0 Å². The highest BCUT2D eigenvalue weighted by atomic mass is 32.1. The summed E-state index contributed by atoms with van der Waals surface area (Å²) in [4.78, 5) is 48.1.